The second kappa shape index (κ2) is 8.29. The van der Waals surface area contributed by atoms with Gasteiger partial charge in [0.1, 0.15) is 24.3 Å². The number of anilines is 1. The number of thiophene rings is 1. The lowest BCUT2D eigenvalue weighted by molar-refractivity contribution is -0.116. The summed E-state index contributed by atoms with van der Waals surface area (Å²) in [6.45, 7) is 2.88. The van der Waals surface area contributed by atoms with Crippen LogP contribution in [0, 0.1) is 11.3 Å². The number of likely N-dealkylation sites (tertiary alicyclic amines) is 1. The number of aryl methyl sites for hydroxylation is 1. The van der Waals surface area contributed by atoms with Crippen LogP contribution in [0.2, 0.25) is 0 Å². The van der Waals surface area contributed by atoms with Crippen molar-refractivity contribution in [3.63, 3.8) is 0 Å². The van der Waals surface area contributed by atoms with E-state index in [2.05, 4.69) is 28.4 Å². The maximum atomic E-state index is 12.6. The Morgan fingerprint density at radius 1 is 1.23 bits per heavy atom. The van der Waals surface area contributed by atoms with Crippen LogP contribution in [0.5, 0.6) is 11.5 Å². The van der Waals surface area contributed by atoms with Gasteiger partial charge in [0.2, 0.25) is 5.91 Å². The summed E-state index contributed by atoms with van der Waals surface area (Å²) in [5.41, 5.74) is 3.05. The smallest absolute Gasteiger partial charge is 0.226 e. The average Bonchev–Trinajstić information content (AvgIpc) is 3.48. The molecule has 3 heterocycles. The molecule has 1 N–H and O–H groups in total. The van der Waals surface area contributed by atoms with E-state index >= 15 is 0 Å². The quantitative estimate of drug-likeness (QED) is 0.785. The number of fused-ring (bicyclic) bond motifs is 2. The lowest BCUT2D eigenvalue weighted by Crippen LogP contribution is -2.28. The molecule has 1 unspecified atom stereocenters. The van der Waals surface area contributed by atoms with Gasteiger partial charge in [0.25, 0.3) is 0 Å². The molecule has 1 saturated heterocycles. The highest BCUT2D eigenvalue weighted by molar-refractivity contribution is 7.16. The number of amides is 1. The summed E-state index contributed by atoms with van der Waals surface area (Å²) in [4.78, 5) is 16.3. The van der Waals surface area contributed by atoms with Crippen molar-refractivity contribution < 1.29 is 14.3 Å². The van der Waals surface area contributed by atoms with E-state index < -0.39 is 0 Å². The molecule has 0 spiro atoms. The van der Waals surface area contributed by atoms with E-state index in [9.17, 15) is 10.1 Å². The lowest BCUT2D eigenvalue weighted by atomic mass is 10.0. The van der Waals surface area contributed by atoms with E-state index in [-0.39, 0.29) is 5.91 Å². The molecule has 0 saturated carbocycles. The Kier molecular flexibility index (Phi) is 5.36. The molecule has 1 amide bonds. The number of carbonyl (C=O) groups is 1. The number of ether oxygens (including phenoxy) is 2. The van der Waals surface area contributed by atoms with Gasteiger partial charge in [-0.1, -0.05) is 6.07 Å². The number of hydrogen-bond donors (Lipinski definition) is 1. The molecule has 1 aliphatic carbocycles. The van der Waals surface area contributed by atoms with Crippen molar-refractivity contribution in [2.24, 2.45) is 0 Å². The summed E-state index contributed by atoms with van der Waals surface area (Å²) in [6, 6.07) is 8.79. The summed E-state index contributed by atoms with van der Waals surface area (Å²) in [5, 5.41) is 13.2. The molecular formula is C23H25N3O3S. The number of rotatable bonds is 5. The summed E-state index contributed by atoms with van der Waals surface area (Å²) in [7, 11) is 0. The summed E-state index contributed by atoms with van der Waals surface area (Å²) < 4.78 is 11.4. The molecule has 1 aromatic carbocycles. The van der Waals surface area contributed by atoms with Crippen molar-refractivity contribution in [2.45, 2.75) is 44.6 Å². The Labute approximate surface area is 180 Å². The molecule has 7 heteroatoms. The lowest BCUT2D eigenvalue weighted by Gasteiger charge is -2.26. The van der Waals surface area contributed by atoms with Crippen molar-refractivity contribution >= 4 is 22.2 Å². The minimum Gasteiger partial charge on any atom is -0.486 e. The van der Waals surface area contributed by atoms with Gasteiger partial charge in [-0.2, -0.15) is 5.26 Å². The first-order valence-corrected chi connectivity index (χ1v) is 11.5. The van der Waals surface area contributed by atoms with Crippen LogP contribution in [0.4, 0.5) is 5.00 Å². The molecule has 156 valence electrons. The molecule has 6 nitrogen and oxygen atoms in total. The average molecular weight is 424 g/mol. The SMILES string of the molecule is N#Cc1c(NC(=O)CCN2CCCC2c2ccc3c(c2)OCCO3)sc2c1CCC2. The number of carbonyl (C=O) groups excluding carboxylic acids is 1. The maximum absolute atomic E-state index is 12.6. The van der Waals surface area contributed by atoms with Crippen LogP contribution in [-0.4, -0.2) is 37.1 Å². The van der Waals surface area contributed by atoms with Crippen molar-refractivity contribution in [1.29, 1.82) is 5.26 Å². The van der Waals surface area contributed by atoms with Gasteiger partial charge in [-0.3, -0.25) is 9.69 Å². The normalized spacial score (nSPS) is 20.0. The number of benzene rings is 1. The molecule has 2 aliphatic heterocycles. The molecule has 5 rings (SSSR count). The highest BCUT2D eigenvalue weighted by Gasteiger charge is 2.28. The number of nitrogens with one attached hydrogen (secondary N) is 1. The van der Waals surface area contributed by atoms with Crippen LogP contribution in [-0.2, 0) is 17.6 Å². The Bertz CT molecular complexity index is 1010. The Balaban J connectivity index is 1.22. The van der Waals surface area contributed by atoms with Crippen LogP contribution in [0.15, 0.2) is 18.2 Å². The summed E-state index contributed by atoms with van der Waals surface area (Å²) in [6.07, 6.45) is 5.72. The third kappa shape index (κ3) is 3.66. The van der Waals surface area contributed by atoms with E-state index in [0.29, 0.717) is 37.8 Å². The third-order valence-corrected chi connectivity index (χ3v) is 7.43. The number of hydrogen-bond acceptors (Lipinski definition) is 6. The third-order valence-electron chi connectivity index (χ3n) is 6.23. The van der Waals surface area contributed by atoms with Gasteiger partial charge in [0, 0.05) is 23.9 Å². The molecule has 2 aromatic rings. The fourth-order valence-electron chi connectivity index (χ4n) is 4.78. The minimum atomic E-state index is -0.0146. The van der Waals surface area contributed by atoms with Gasteiger partial charge in [-0.25, -0.2) is 0 Å². The monoisotopic (exact) mass is 423 g/mol. The Hall–Kier alpha value is -2.56. The van der Waals surface area contributed by atoms with Crippen LogP contribution < -0.4 is 14.8 Å². The largest absolute Gasteiger partial charge is 0.486 e. The van der Waals surface area contributed by atoms with Crippen LogP contribution in [0.25, 0.3) is 0 Å². The number of nitrogens with zero attached hydrogens (tertiary/aromatic N) is 2. The van der Waals surface area contributed by atoms with E-state index in [4.69, 9.17) is 9.47 Å². The zero-order valence-electron chi connectivity index (χ0n) is 16.9. The van der Waals surface area contributed by atoms with E-state index in [1.165, 1.54) is 10.4 Å². The maximum Gasteiger partial charge on any atom is 0.226 e. The first kappa shape index (κ1) is 19.4. The van der Waals surface area contributed by atoms with Gasteiger partial charge in [0.15, 0.2) is 11.5 Å². The first-order chi connectivity index (χ1) is 14.7. The van der Waals surface area contributed by atoms with E-state index in [1.807, 2.05) is 6.07 Å². The minimum absolute atomic E-state index is 0.0146. The van der Waals surface area contributed by atoms with Gasteiger partial charge < -0.3 is 14.8 Å². The molecule has 30 heavy (non-hydrogen) atoms. The van der Waals surface area contributed by atoms with Gasteiger partial charge in [-0.15, -0.1) is 11.3 Å². The Morgan fingerprint density at radius 2 is 2.10 bits per heavy atom. The van der Waals surface area contributed by atoms with Crippen LogP contribution in [0.1, 0.15) is 53.3 Å². The molecule has 3 aliphatic rings. The fraction of sp³-hybridized carbons (Fsp3) is 0.478. The topological polar surface area (TPSA) is 74.6 Å². The van der Waals surface area contributed by atoms with E-state index in [1.54, 1.807) is 11.3 Å². The molecular weight excluding hydrogens is 398 g/mol. The zero-order valence-corrected chi connectivity index (χ0v) is 17.7. The highest BCUT2D eigenvalue weighted by Crippen LogP contribution is 2.39. The molecule has 1 fully saturated rings. The molecule has 0 radical (unpaired) electrons. The molecule has 1 atom stereocenters. The Morgan fingerprint density at radius 3 is 2.97 bits per heavy atom. The first-order valence-electron chi connectivity index (χ1n) is 10.7. The molecule has 0 bridgehead atoms. The van der Waals surface area contributed by atoms with Gasteiger partial charge >= 0.3 is 0 Å². The van der Waals surface area contributed by atoms with Crippen molar-refractivity contribution in [1.82, 2.24) is 4.90 Å². The molecule has 1 aromatic heterocycles. The van der Waals surface area contributed by atoms with Crippen molar-refractivity contribution in [3.05, 3.63) is 39.8 Å². The summed E-state index contributed by atoms with van der Waals surface area (Å²) >= 11 is 1.58. The fourth-order valence-corrected chi connectivity index (χ4v) is 6.04. The summed E-state index contributed by atoms with van der Waals surface area (Å²) in [5.74, 6) is 1.61. The highest BCUT2D eigenvalue weighted by atomic mass is 32.1. The predicted octanol–water partition coefficient (Wildman–Crippen LogP) is 4.05. The van der Waals surface area contributed by atoms with Crippen LogP contribution in [0.3, 0.4) is 0 Å². The van der Waals surface area contributed by atoms with Crippen molar-refractivity contribution in [2.75, 3.05) is 31.6 Å². The predicted molar refractivity (Wildman–Crippen MR) is 115 cm³/mol. The van der Waals surface area contributed by atoms with Gasteiger partial charge in [0.05, 0.1) is 5.56 Å². The number of nitriles is 1. The van der Waals surface area contributed by atoms with E-state index in [0.717, 1.165) is 60.7 Å². The van der Waals surface area contributed by atoms with Crippen LogP contribution >= 0.6 is 11.3 Å². The standard InChI is InChI=1S/C23H25N3O3S/c24-14-17-16-3-1-5-21(16)30-23(17)25-22(27)8-10-26-9-2-4-18(26)15-6-7-19-20(13-15)29-12-11-28-19/h6-7,13,18H,1-5,8-12H2,(H,25,27). The second-order valence-electron chi connectivity index (χ2n) is 8.07. The van der Waals surface area contributed by atoms with Crippen molar-refractivity contribution in [3.8, 4) is 17.6 Å². The zero-order chi connectivity index (χ0) is 20.5. The van der Waals surface area contributed by atoms with Gasteiger partial charge in [-0.05, 0) is 61.9 Å². The second-order valence-corrected chi connectivity index (χ2v) is 9.17.